The number of hydrogen-bond acceptors (Lipinski definition) is 10. The lowest BCUT2D eigenvalue weighted by Gasteiger charge is -2.27. The fourth-order valence-corrected chi connectivity index (χ4v) is 4.22. The normalized spacial score (nSPS) is 13.8. The molecule has 0 aliphatic carbocycles. The molecule has 0 atom stereocenters. The molecule has 1 fully saturated rings. The minimum absolute atomic E-state index is 0.210. The van der Waals surface area contributed by atoms with E-state index in [-0.39, 0.29) is 5.91 Å². The molecule has 0 saturated carbocycles. The molecule has 200 valence electrons. The summed E-state index contributed by atoms with van der Waals surface area (Å²) in [6, 6.07) is 13.1. The van der Waals surface area contributed by atoms with Crippen molar-refractivity contribution in [3.05, 3.63) is 67.0 Å². The molecule has 11 nitrogen and oxygen atoms in total. The predicted octanol–water partition coefficient (Wildman–Crippen LogP) is 3.31. The van der Waals surface area contributed by atoms with Gasteiger partial charge in [-0.2, -0.15) is 4.98 Å². The summed E-state index contributed by atoms with van der Waals surface area (Å²) < 4.78 is 5.42. The Morgan fingerprint density at radius 3 is 2.72 bits per heavy atom. The molecule has 0 bridgehead atoms. The molecule has 3 aromatic heterocycles. The number of carbonyl (C=O) groups is 1. The van der Waals surface area contributed by atoms with E-state index >= 15 is 0 Å². The highest BCUT2D eigenvalue weighted by Crippen LogP contribution is 2.31. The number of amides is 1. The number of nitrogens with zero attached hydrogens (tertiary/aromatic N) is 6. The number of ether oxygens (including phenoxy) is 1. The van der Waals surface area contributed by atoms with E-state index in [1.807, 2.05) is 61.5 Å². The monoisotopic (exact) mass is 525 g/mol. The van der Waals surface area contributed by atoms with E-state index in [0.29, 0.717) is 53.8 Å². The predicted molar refractivity (Wildman–Crippen MR) is 154 cm³/mol. The lowest BCUT2D eigenvalue weighted by atomic mass is 10.1. The molecule has 11 heteroatoms. The van der Waals surface area contributed by atoms with Crippen LogP contribution < -0.4 is 21.3 Å². The third-order valence-corrected chi connectivity index (χ3v) is 6.14. The Hall–Kier alpha value is -4.61. The van der Waals surface area contributed by atoms with Crippen molar-refractivity contribution in [2.24, 2.45) is 0 Å². The van der Waals surface area contributed by atoms with E-state index < -0.39 is 0 Å². The topological polar surface area (TPSA) is 134 Å². The SMILES string of the molecule is CN(C)CC=CC(=O)Nc1ccnc(-c2cccc3c(N)nc(Nc4ccc(N5CCOCC5)nc4)nc23)c1. The van der Waals surface area contributed by atoms with Gasteiger partial charge in [0.25, 0.3) is 0 Å². The van der Waals surface area contributed by atoms with Crippen molar-refractivity contribution in [3.8, 4) is 11.3 Å². The number of nitrogens with one attached hydrogen (secondary N) is 2. The van der Waals surface area contributed by atoms with E-state index in [9.17, 15) is 4.79 Å². The van der Waals surface area contributed by atoms with Crippen LogP contribution in [0.3, 0.4) is 0 Å². The number of pyridine rings is 2. The van der Waals surface area contributed by atoms with Crippen molar-refractivity contribution in [1.29, 1.82) is 0 Å². The van der Waals surface area contributed by atoms with Crippen LogP contribution in [0, 0.1) is 0 Å². The highest BCUT2D eigenvalue weighted by atomic mass is 16.5. The highest BCUT2D eigenvalue weighted by molar-refractivity contribution is 6.01. The Labute approximate surface area is 226 Å². The number of nitrogen functional groups attached to an aromatic ring is 1. The molecule has 5 rings (SSSR count). The molecular formula is C28H31N9O2. The van der Waals surface area contributed by atoms with E-state index in [4.69, 9.17) is 15.5 Å². The smallest absolute Gasteiger partial charge is 0.248 e. The van der Waals surface area contributed by atoms with Gasteiger partial charge >= 0.3 is 0 Å². The number of nitrogens with two attached hydrogens (primary N) is 1. The Kier molecular flexibility index (Phi) is 7.90. The van der Waals surface area contributed by atoms with Crippen LogP contribution in [0.1, 0.15) is 0 Å². The maximum Gasteiger partial charge on any atom is 0.248 e. The van der Waals surface area contributed by atoms with Gasteiger partial charge in [-0.05, 0) is 44.4 Å². The fraction of sp³-hybridized carbons (Fsp3) is 0.250. The van der Waals surface area contributed by atoms with Gasteiger partial charge in [0.05, 0.1) is 36.3 Å². The Morgan fingerprint density at radius 1 is 1.10 bits per heavy atom. The third-order valence-electron chi connectivity index (χ3n) is 6.14. The van der Waals surface area contributed by atoms with Gasteiger partial charge in [-0.25, -0.2) is 9.97 Å². The number of aromatic nitrogens is 4. The molecule has 4 N–H and O–H groups in total. The van der Waals surface area contributed by atoms with Crippen molar-refractivity contribution in [1.82, 2.24) is 24.8 Å². The summed E-state index contributed by atoms with van der Waals surface area (Å²) >= 11 is 0. The van der Waals surface area contributed by atoms with Gasteiger partial charge in [-0.15, -0.1) is 0 Å². The van der Waals surface area contributed by atoms with Gasteiger partial charge in [0.15, 0.2) is 0 Å². The first-order valence-corrected chi connectivity index (χ1v) is 12.7. The summed E-state index contributed by atoms with van der Waals surface area (Å²) in [6.07, 6.45) is 6.73. The van der Waals surface area contributed by atoms with E-state index in [0.717, 1.165) is 30.2 Å². The van der Waals surface area contributed by atoms with E-state index in [1.54, 1.807) is 18.5 Å². The minimum atomic E-state index is -0.210. The van der Waals surface area contributed by atoms with Gasteiger partial charge in [-0.3, -0.25) is 9.78 Å². The van der Waals surface area contributed by atoms with Crippen LogP contribution >= 0.6 is 0 Å². The summed E-state index contributed by atoms with van der Waals surface area (Å²) in [6.45, 7) is 3.72. The summed E-state index contributed by atoms with van der Waals surface area (Å²) in [4.78, 5) is 34.8. The van der Waals surface area contributed by atoms with Crippen LogP contribution in [0.5, 0.6) is 0 Å². The number of para-hydroxylation sites is 1. The van der Waals surface area contributed by atoms with Crippen molar-refractivity contribution < 1.29 is 9.53 Å². The van der Waals surface area contributed by atoms with Crippen molar-refractivity contribution >= 4 is 45.8 Å². The first kappa shape index (κ1) is 26.0. The minimum Gasteiger partial charge on any atom is -0.383 e. The fourth-order valence-electron chi connectivity index (χ4n) is 4.22. The molecule has 1 amide bonds. The van der Waals surface area contributed by atoms with Gasteiger partial charge < -0.3 is 30.9 Å². The molecule has 0 spiro atoms. The number of likely N-dealkylation sites (N-methyl/N-ethyl adjacent to an activating group) is 1. The zero-order valence-corrected chi connectivity index (χ0v) is 22.0. The van der Waals surface area contributed by atoms with Crippen molar-refractivity contribution in [3.63, 3.8) is 0 Å². The molecule has 0 radical (unpaired) electrons. The van der Waals surface area contributed by atoms with Crippen LogP contribution in [0.25, 0.3) is 22.2 Å². The second-order valence-corrected chi connectivity index (χ2v) is 9.35. The first-order chi connectivity index (χ1) is 19.0. The lowest BCUT2D eigenvalue weighted by Crippen LogP contribution is -2.36. The first-order valence-electron chi connectivity index (χ1n) is 12.7. The third kappa shape index (κ3) is 6.46. The van der Waals surface area contributed by atoms with Crippen molar-refractivity contribution in [2.75, 3.05) is 68.2 Å². The average Bonchev–Trinajstić information content (AvgIpc) is 2.94. The van der Waals surface area contributed by atoms with Crippen LogP contribution in [-0.4, -0.2) is 77.7 Å². The van der Waals surface area contributed by atoms with Gasteiger partial charge in [0.1, 0.15) is 11.6 Å². The Bertz CT molecular complexity index is 1480. The molecule has 4 heterocycles. The number of morpholine rings is 1. The van der Waals surface area contributed by atoms with Crippen LogP contribution in [0.15, 0.2) is 67.0 Å². The van der Waals surface area contributed by atoms with Crippen molar-refractivity contribution in [2.45, 2.75) is 0 Å². The molecule has 1 saturated heterocycles. The summed E-state index contributed by atoms with van der Waals surface area (Å²) in [5.41, 5.74) is 9.76. The zero-order chi connectivity index (χ0) is 27.2. The Balaban J connectivity index is 1.39. The van der Waals surface area contributed by atoms with Gasteiger partial charge in [-0.1, -0.05) is 18.2 Å². The number of hydrogen-bond donors (Lipinski definition) is 3. The average molecular weight is 526 g/mol. The van der Waals surface area contributed by atoms with E-state index in [1.165, 1.54) is 6.08 Å². The molecule has 1 aliphatic rings. The summed E-state index contributed by atoms with van der Waals surface area (Å²) in [7, 11) is 3.88. The number of fused-ring (bicyclic) bond motifs is 1. The Morgan fingerprint density at radius 2 is 1.95 bits per heavy atom. The molecule has 1 aromatic carbocycles. The molecular weight excluding hydrogens is 494 g/mol. The van der Waals surface area contributed by atoms with Crippen LogP contribution in [-0.2, 0) is 9.53 Å². The second-order valence-electron chi connectivity index (χ2n) is 9.35. The molecule has 4 aromatic rings. The number of benzene rings is 1. The number of anilines is 5. The highest BCUT2D eigenvalue weighted by Gasteiger charge is 2.14. The maximum atomic E-state index is 12.3. The van der Waals surface area contributed by atoms with E-state index in [2.05, 4.69) is 30.5 Å². The van der Waals surface area contributed by atoms with Gasteiger partial charge in [0.2, 0.25) is 11.9 Å². The largest absolute Gasteiger partial charge is 0.383 e. The lowest BCUT2D eigenvalue weighted by molar-refractivity contribution is -0.111. The molecule has 39 heavy (non-hydrogen) atoms. The molecule has 0 unspecified atom stereocenters. The van der Waals surface area contributed by atoms with Crippen LogP contribution in [0.2, 0.25) is 0 Å². The summed E-state index contributed by atoms with van der Waals surface area (Å²) in [5, 5.41) is 6.81. The van der Waals surface area contributed by atoms with Gasteiger partial charge in [0, 0.05) is 48.5 Å². The number of carbonyl (C=O) groups excluding carboxylic acids is 1. The second kappa shape index (κ2) is 11.8. The van der Waals surface area contributed by atoms with Crippen LogP contribution in [0.4, 0.5) is 29.0 Å². The number of rotatable bonds is 8. The molecule has 1 aliphatic heterocycles. The standard InChI is InChI=1S/C28H31N9O2/c1-36(2)12-4-7-25(38)32-19-10-11-30-23(17-19)21-5-3-6-22-26(21)34-28(35-27(22)29)33-20-8-9-24(31-18-20)37-13-15-39-16-14-37/h3-11,17-18H,12-16H2,1-2H3,(H,30,32,38)(H3,29,33,34,35). The maximum absolute atomic E-state index is 12.3. The quantitative estimate of drug-likeness (QED) is 0.294. The zero-order valence-electron chi connectivity index (χ0n) is 22.0. The summed E-state index contributed by atoms with van der Waals surface area (Å²) in [5.74, 6) is 1.39.